The fourth-order valence-corrected chi connectivity index (χ4v) is 2.91. The summed E-state index contributed by atoms with van der Waals surface area (Å²) in [5, 5.41) is 5.21. The van der Waals surface area contributed by atoms with Crippen molar-refractivity contribution < 1.29 is 19.0 Å². The van der Waals surface area contributed by atoms with Gasteiger partial charge in [-0.3, -0.25) is 0 Å². The summed E-state index contributed by atoms with van der Waals surface area (Å²) in [6, 6.07) is 1.67. The molecule has 1 aliphatic heterocycles. The molecule has 2 rings (SSSR count). The number of esters is 1. The molecule has 5 nitrogen and oxygen atoms in total. The van der Waals surface area contributed by atoms with Crippen LogP contribution >= 0.6 is 11.3 Å². The minimum absolute atomic E-state index is 0.227. The second-order valence-corrected chi connectivity index (χ2v) is 5.21. The molecule has 0 radical (unpaired) electrons. The minimum atomic E-state index is -0.325. The van der Waals surface area contributed by atoms with E-state index in [0.717, 1.165) is 18.5 Å². The van der Waals surface area contributed by atoms with Gasteiger partial charge in [-0.15, -0.1) is 11.3 Å². The van der Waals surface area contributed by atoms with Crippen LogP contribution in [-0.2, 0) is 25.4 Å². The molecule has 1 atom stereocenters. The number of rotatable bonds is 7. The maximum Gasteiger partial charge on any atom is 0.327 e. The normalized spacial score (nSPS) is 18.1. The van der Waals surface area contributed by atoms with Crippen LogP contribution in [0.15, 0.2) is 11.4 Å². The van der Waals surface area contributed by atoms with Crippen molar-refractivity contribution in [2.75, 3.05) is 40.1 Å². The molecule has 0 fully saturated rings. The monoisotopic (exact) mass is 285 g/mol. The first-order chi connectivity index (χ1) is 9.33. The van der Waals surface area contributed by atoms with Crippen molar-refractivity contribution in [3.63, 3.8) is 0 Å². The lowest BCUT2D eigenvalue weighted by atomic mass is 10.0. The number of carbonyl (C=O) groups is 1. The summed E-state index contributed by atoms with van der Waals surface area (Å²) in [7, 11) is 1.62. The molecule has 0 amide bonds. The van der Waals surface area contributed by atoms with E-state index in [9.17, 15) is 4.79 Å². The Kier molecular flexibility index (Phi) is 5.78. The Morgan fingerprint density at radius 3 is 3.11 bits per heavy atom. The van der Waals surface area contributed by atoms with E-state index in [4.69, 9.17) is 14.2 Å². The first-order valence-corrected chi connectivity index (χ1v) is 7.24. The quantitative estimate of drug-likeness (QED) is 0.601. The summed E-state index contributed by atoms with van der Waals surface area (Å²) in [5.74, 6) is -0.227. The molecule has 1 aromatic rings. The van der Waals surface area contributed by atoms with Crippen LogP contribution in [-0.4, -0.2) is 46.1 Å². The molecule has 0 spiro atoms. The maximum atomic E-state index is 12.0. The van der Waals surface area contributed by atoms with E-state index in [1.807, 2.05) is 11.4 Å². The Bertz CT molecular complexity index is 407. The molecule has 0 aliphatic carbocycles. The molecule has 1 unspecified atom stereocenters. The summed E-state index contributed by atoms with van der Waals surface area (Å²) < 4.78 is 15.3. The minimum Gasteiger partial charge on any atom is -0.462 e. The number of fused-ring (bicyclic) bond motifs is 1. The van der Waals surface area contributed by atoms with Gasteiger partial charge in [0.25, 0.3) is 0 Å². The molecular weight excluding hydrogens is 266 g/mol. The molecule has 0 saturated carbocycles. The van der Waals surface area contributed by atoms with Gasteiger partial charge in [0.1, 0.15) is 12.6 Å². The zero-order chi connectivity index (χ0) is 13.5. The maximum absolute atomic E-state index is 12.0. The van der Waals surface area contributed by atoms with Gasteiger partial charge in [-0.25, -0.2) is 4.79 Å². The first kappa shape index (κ1) is 14.5. The second kappa shape index (κ2) is 7.59. The van der Waals surface area contributed by atoms with Gasteiger partial charge in [-0.05, 0) is 23.4 Å². The van der Waals surface area contributed by atoms with Crippen LogP contribution in [0.1, 0.15) is 16.5 Å². The Balaban J connectivity index is 1.73. The molecule has 1 N–H and O–H groups in total. The van der Waals surface area contributed by atoms with Crippen LogP contribution in [0.2, 0.25) is 0 Å². The standard InChI is InChI=1S/C13H19NO4S/c1-16-5-6-17-7-8-18-13(15)12-10-3-9-19-11(10)2-4-14-12/h3,9,12,14H,2,4-8H2,1H3. The summed E-state index contributed by atoms with van der Waals surface area (Å²) >= 11 is 1.70. The molecule has 1 aromatic heterocycles. The van der Waals surface area contributed by atoms with Crippen molar-refractivity contribution in [1.29, 1.82) is 0 Å². The fourth-order valence-electron chi connectivity index (χ4n) is 1.99. The van der Waals surface area contributed by atoms with Gasteiger partial charge in [0.2, 0.25) is 0 Å². The number of hydrogen-bond donors (Lipinski definition) is 1. The van der Waals surface area contributed by atoms with Crippen LogP contribution in [0.4, 0.5) is 0 Å². The van der Waals surface area contributed by atoms with Gasteiger partial charge in [0, 0.05) is 18.5 Å². The number of hydrogen-bond acceptors (Lipinski definition) is 6. The molecule has 106 valence electrons. The predicted octanol–water partition coefficient (Wildman–Crippen LogP) is 1.14. The third-order valence-corrected chi connectivity index (χ3v) is 3.93. The summed E-state index contributed by atoms with van der Waals surface area (Å²) in [6.07, 6.45) is 0.983. The first-order valence-electron chi connectivity index (χ1n) is 6.36. The number of nitrogens with one attached hydrogen (secondary N) is 1. The molecule has 0 bridgehead atoms. The zero-order valence-electron chi connectivity index (χ0n) is 11.0. The van der Waals surface area contributed by atoms with Crippen molar-refractivity contribution in [3.05, 3.63) is 21.9 Å². The van der Waals surface area contributed by atoms with Crippen LogP contribution < -0.4 is 5.32 Å². The van der Waals surface area contributed by atoms with E-state index < -0.39 is 0 Å². The predicted molar refractivity (Wildman–Crippen MR) is 72.4 cm³/mol. The highest BCUT2D eigenvalue weighted by atomic mass is 32.1. The molecule has 0 saturated heterocycles. The van der Waals surface area contributed by atoms with Crippen molar-refractivity contribution in [2.45, 2.75) is 12.5 Å². The van der Waals surface area contributed by atoms with Crippen LogP contribution in [0, 0.1) is 0 Å². The SMILES string of the molecule is COCCOCCOC(=O)C1NCCc2sccc21. The molecule has 0 aromatic carbocycles. The summed E-state index contributed by atoms with van der Waals surface area (Å²) in [5.41, 5.74) is 1.06. The molecular formula is C13H19NO4S. The topological polar surface area (TPSA) is 56.8 Å². The van der Waals surface area contributed by atoms with Gasteiger partial charge < -0.3 is 19.5 Å². The highest BCUT2D eigenvalue weighted by Gasteiger charge is 2.27. The van der Waals surface area contributed by atoms with Crippen LogP contribution in [0.25, 0.3) is 0 Å². The van der Waals surface area contributed by atoms with E-state index in [1.165, 1.54) is 4.88 Å². The molecule has 6 heteroatoms. The lowest BCUT2D eigenvalue weighted by Gasteiger charge is -2.22. The van der Waals surface area contributed by atoms with Gasteiger partial charge >= 0.3 is 5.97 Å². The average Bonchev–Trinajstić information content (AvgIpc) is 2.90. The zero-order valence-corrected chi connectivity index (χ0v) is 11.8. The Morgan fingerprint density at radius 2 is 2.26 bits per heavy atom. The fraction of sp³-hybridized carbons (Fsp3) is 0.615. The Morgan fingerprint density at radius 1 is 1.42 bits per heavy atom. The van der Waals surface area contributed by atoms with Crippen molar-refractivity contribution in [1.82, 2.24) is 5.32 Å². The largest absolute Gasteiger partial charge is 0.462 e. The summed E-state index contributed by atoms with van der Waals surface area (Å²) in [4.78, 5) is 13.3. The van der Waals surface area contributed by atoms with Crippen LogP contribution in [0.3, 0.4) is 0 Å². The average molecular weight is 285 g/mol. The van der Waals surface area contributed by atoms with Crippen molar-refractivity contribution >= 4 is 17.3 Å². The third kappa shape index (κ3) is 4.01. The smallest absolute Gasteiger partial charge is 0.327 e. The van der Waals surface area contributed by atoms with E-state index in [1.54, 1.807) is 18.4 Å². The van der Waals surface area contributed by atoms with Crippen LogP contribution in [0.5, 0.6) is 0 Å². The Hall–Kier alpha value is -0.950. The second-order valence-electron chi connectivity index (χ2n) is 4.21. The number of thiophene rings is 1. The summed E-state index contributed by atoms with van der Waals surface area (Å²) in [6.45, 7) is 2.57. The number of ether oxygens (including phenoxy) is 3. The third-order valence-electron chi connectivity index (χ3n) is 2.93. The lowest BCUT2D eigenvalue weighted by molar-refractivity contribution is -0.148. The van der Waals surface area contributed by atoms with E-state index >= 15 is 0 Å². The van der Waals surface area contributed by atoms with E-state index in [0.29, 0.717) is 19.8 Å². The van der Waals surface area contributed by atoms with Crippen molar-refractivity contribution in [2.24, 2.45) is 0 Å². The van der Waals surface area contributed by atoms with Gasteiger partial charge in [0.05, 0.1) is 19.8 Å². The number of carbonyl (C=O) groups excluding carboxylic acids is 1. The highest BCUT2D eigenvalue weighted by molar-refractivity contribution is 7.10. The van der Waals surface area contributed by atoms with Gasteiger partial charge in [0.15, 0.2) is 0 Å². The highest BCUT2D eigenvalue weighted by Crippen LogP contribution is 2.28. The van der Waals surface area contributed by atoms with E-state index in [2.05, 4.69) is 5.32 Å². The molecule has 1 aliphatic rings. The van der Waals surface area contributed by atoms with Gasteiger partial charge in [-0.1, -0.05) is 0 Å². The van der Waals surface area contributed by atoms with E-state index in [-0.39, 0.29) is 18.6 Å². The van der Waals surface area contributed by atoms with Crippen molar-refractivity contribution in [3.8, 4) is 0 Å². The molecule has 2 heterocycles. The van der Waals surface area contributed by atoms with Gasteiger partial charge in [-0.2, -0.15) is 0 Å². The molecule has 19 heavy (non-hydrogen) atoms. The lowest BCUT2D eigenvalue weighted by Crippen LogP contribution is -2.35. The Labute approximate surface area is 116 Å². The number of methoxy groups -OCH3 is 1.